The van der Waals surface area contributed by atoms with E-state index in [1.165, 1.54) is 0 Å². The molecule has 9 heavy (non-hydrogen) atoms. The third kappa shape index (κ3) is 18.1. The normalized spacial score (nSPS) is 5.78. The molecule has 0 aliphatic heterocycles. The third-order valence-corrected chi connectivity index (χ3v) is 0.422. The van der Waals surface area contributed by atoms with Gasteiger partial charge in [0.2, 0.25) is 0 Å². The Kier molecular flexibility index (Phi) is 21.5. The van der Waals surface area contributed by atoms with Crippen LogP contribution in [0.4, 0.5) is 0 Å². The van der Waals surface area contributed by atoms with Crippen molar-refractivity contribution >= 4 is 25.3 Å². The van der Waals surface area contributed by atoms with Crippen molar-refractivity contribution in [2.24, 2.45) is 0 Å². The molecule has 0 unspecified atom stereocenters. The van der Waals surface area contributed by atoms with Crippen molar-refractivity contribution in [1.29, 1.82) is 0 Å². The summed E-state index contributed by atoms with van der Waals surface area (Å²) in [5.74, 6) is 0. The first-order chi connectivity index (χ1) is 3.13. The summed E-state index contributed by atoms with van der Waals surface area (Å²) in [5.41, 5.74) is 0. The Morgan fingerprint density at radius 1 is 1.44 bits per heavy atom. The molecule has 0 bridgehead atoms. The maximum atomic E-state index is 9.41. The fourth-order valence-electron chi connectivity index (χ4n) is 0.0861. The number of rotatable bonds is 1. The second kappa shape index (κ2) is 10.9. The van der Waals surface area contributed by atoms with Crippen molar-refractivity contribution in [3.63, 3.8) is 0 Å². The van der Waals surface area contributed by atoms with E-state index in [9.17, 15) is 10.1 Å². The first-order valence-electron chi connectivity index (χ1n) is 1.32. The van der Waals surface area contributed by atoms with Gasteiger partial charge >= 0.3 is 103 Å². The molecule has 7 heteroatoms. The zero-order valence-electron chi connectivity index (χ0n) is 5.16. The maximum absolute atomic E-state index is 9.41. The fraction of sp³-hybridized carbons (Fsp3) is 0. The molecule has 0 aromatic rings. The number of hydrogen-bond acceptors (Lipinski definition) is 4. The van der Waals surface area contributed by atoms with Crippen LogP contribution in [-0.2, 0) is 25.3 Å². The largest absolute Gasteiger partial charge is 1.00 e. The number of nitrogens with zero attached hydrogens (tertiary/aromatic N) is 1. The summed E-state index contributed by atoms with van der Waals surface area (Å²) >= 11 is 8.38. The zero-order valence-corrected chi connectivity index (χ0v) is 13.0. The minimum absolute atomic E-state index is 0. The Hall–Kier alpha value is 2.85. The molecule has 0 heterocycles. The standard InChI is InChI=1S/C2H3NO2S2.2K/c4-3(5)1-2(6)7;;/h1,6-7H;;/q;2*+1/p-2/i1+2;;. The van der Waals surface area contributed by atoms with Crippen LogP contribution in [0.25, 0.3) is 0 Å². The minimum Gasteiger partial charge on any atom is -0.802 e. The smallest absolute Gasteiger partial charge is 0.802 e. The molecule has 0 saturated heterocycles. The van der Waals surface area contributed by atoms with E-state index in [1.54, 1.807) is 0 Å². The van der Waals surface area contributed by atoms with Crippen LogP contribution in [0.15, 0.2) is 10.4 Å². The van der Waals surface area contributed by atoms with E-state index in [1.807, 2.05) is 0 Å². The van der Waals surface area contributed by atoms with Crippen molar-refractivity contribution in [2.45, 2.75) is 0 Å². The van der Waals surface area contributed by atoms with Gasteiger partial charge in [0.1, 0.15) is 0 Å². The van der Waals surface area contributed by atoms with E-state index < -0.39 is 4.92 Å². The number of nitro groups is 1. The topological polar surface area (TPSA) is 43.1 Å². The maximum Gasteiger partial charge on any atom is 1.00 e. The van der Waals surface area contributed by atoms with Crippen LogP contribution in [0.3, 0.4) is 0 Å². The monoisotopic (exact) mass is 215 g/mol. The van der Waals surface area contributed by atoms with Crippen molar-refractivity contribution in [2.75, 3.05) is 0 Å². The van der Waals surface area contributed by atoms with Crippen molar-refractivity contribution < 1.29 is 108 Å². The molecule has 0 aliphatic carbocycles. The second-order valence-electron chi connectivity index (χ2n) is 0.733. The van der Waals surface area contributed by atoms with Gasteiger partial charge in [-0.15, -0.1) is 0 Å². The summed E-state index contributed by atoms with van der Waals surface area (Å²) in [5, 5.41) is 9.41. The Bertz CT molecular complexity index is 113. The zero-order chi connectivity index (χ0) is 5.86. The van der Waals surface area contributed by atoms with Crippen LogP contribution in [-0.4, -0.2) is 4.92 Å². The van der Waals surface area contributed by atoms with Crippen molar-refractivity contribution in [1.82, 2.24) is 0 Å². The van der Waals surface area contributed by atoms with Gasteiger partial charge in [0, 0.05) is 0 Å². The van der Waals surface area contributed by atoms with Gasteiger partial charge in [-0.3, -0.25) is 14.4 Å². The molecule has 0 fully saturated rings. The van der Waals surface area contributed by atoms with Crippen LogP contribution in [0, 0.1) is 10.1 Å². The molecule has 0 rings (SSSR count). The Labute approximate surface area is 149 Å². The molecule has 0 atom stereocenters. The van der Waals surface area contributed by atoms with Crippen LogP contribution in [0.1, 0.15) is 0 Å². The molecule has 0 N–H and O–H groups in total. The van der Waals surface area contributed by atoms with Gasteiger partial charge in [0.25, 0.3) is 0 Å². The van der Waals surface area contributed by atoms with Crippen LogP contribution in [0.2, 0.25) is 0 Å². The predicted molar refractivity (Wildman–Crippen MR) is 29.8 cm³/mol. The molecule has 0 aromatic heterocycles. The molecule has 0 amide bonds. The molecular formula is C2HK2NO2S2. The van der Waals surface area contributed by atoms with Gasteiger partial charge in [-0.05, 0) is 0 Å². The summed E-state index contributed by atoms with van der Waals surface area (Å²) in [6, 6.07) is 0. The minimum atomic E-state index is -0.671. The molecule has 0 saturated carbocycles. The molecule has 0 aliphatic rings. The Morgan fingerprint density at radius 2 is 1.78 bits per heavy atom. The van der Waals surface area contributed by atoms with E-state index in [-0.39, 0.29) is 107 Å². The Balaban J connectivity index is -0.000000180. The average molecular weight is 215 g/mol. The summed E-state index contributed by atoms with van der Waals surface area (Å²) in [7, 11) is 0. The van der Waals surface area contributed by atoms with Crippen LogP contribution < -0.4 is 103 Å². The summed E-state index contributed by atoms with van der Waals surface area (Å²) in [4.78, 5) is 8.73. The quantitative estimate of drug-likeness (QED) is 0.189. The third-order valence-electron chi connectivity index (χ3n) is 0.211. The van der Waals surface area contributed by atoms with Gasteiger partial charge in [-0.25, -0.2) is 0 Å². The van der Waals surface area contributed by atoms with Crippen molar-refractivity contribution in [3.8, 4) is 0 Å². The molecule has 3 nitrogen and oxygen atoms in total. The van der Waals surface area contributed by atoms with E-state index >= 15 is 0 Å². The van der Waals surface area contributed by atoms with Gasteiger partial charge in [0.05, 0.1) is 4.92 Å². The first-order valence-corrected chi connectivity index (χ1v) is 2.14. The fourth-order valence-corrected chi connectivity index (χ4v) is 0.258. The second-order valence-corrected chi connectivity index (χ2v) is 1.87. The van der Waals surface area contributed by atoms with Crippen LogP contribution in [0.5, 0.6) is 0 Å². The van der Waals surface area contributed by atoms with Gasteiger partial charge < -0.3 is 25.3 Å². The van der Waals surface area contributed by atoms with E-state index in [0.717, 1.165) is 0 Å². The van der Waals surface area contributed by atoms with Gasteiger partial charge in [-0.1, -0.05) is 0 Å². The van der Waals surface area contributed by atoms with E-state index in [4.69, 9.17) is 0 Å². The van der Waals surface area contributed by atoms with E-state index in [2.05, 4.69) is 25.3 Å². The summed E-state index contributed by atoms with van der Waals surface area (Å²) in [6.45, 7) is 0. The molecular weight excluding hydrogens is 214 g/mol. The molecule has 0 spiro atoms. The molecule has 0 radical (unpaired) electrons. The average Bonchev–Trinajstić information content (AvgIpc) is 1.27. The molecule has 40 valence electrons. The SMILES string of the molecule is O=[N+]([O-])[14CH]=C([S-])[S-].[K+].[K+]. The molecule has 0 aromatic carbocycles. The van der Waals surface area contributed by atoms with Crippen molar-refractivity contribution in [3.05, 3.63) is 20.6 Å². The van der Waals surface area contributed by atoms with Gasteiger partial charge in [0.15, 0.2) is 6.20 Å². The van der Waals surface area contributed by atoms with Gasteiger partial charge in [-0.2, -0.15) is 0 Å². The predicted octanol–water partition coefficient (Wildman–Crippen LogP) is -5.84. The first kappa shape index (κ1) is 17.8. The summed E-state index contributed by atoms with van der Waals surface area (Å²) < 4.78 is -0.120. The summed E-state index contributed by atoms with van der Waals surface area (Å²) in [6.07, 6.45) is 0.602. The van der Waals surface area contributed by atoms with Crippen LogP contribution >= 0.6 is 0 Å². The van der Waals surface area contributed by atoms with E-state index in [0.29, 0.717) is 6.20 Å². The number of hydrogen-bond donors (Lipinski definition) is 0. The Morgan fingerprint density at radius 3 is 1.78 bits per heavy atom.